The highest BCUT2D eigenvalue weighted by molar-refractivity contribution is 6.00. The molecule has 1 heterocycles. The summed E-state index contributed by atoms with van der Waals surface area (Å²) in [5, 5.41) is 19.0. The second-order valence-corrected chi connectivity index (χ2v) is 8.09. The van der Waals surface area contributed by atoms with Crippen molar-refractivity contribution in [1.29, 1.82) is 0 Å². The first-order valence-electron chi connectivity index (χ1n) is 9.45. The molecule has 4 nitrogen and oxygen atoms in total. The molecule has 3 aliphatic rings. The molecule has 0 fully saturated rings. The van der Waals surface area contributed by atoms with Gasteiger partial charge in [-0.3, -0.25) is 4.79 Å². The highest BCUT2D eigenvalue weighted by atomic mass is 16.5. The average molecular weight is 346 g/mol. The summed E-state index contributed by atoms with van der Waals surface area (Å²) in [6, 6.07) is 0. The molecule has 3 rings (SSSR count). The van der Waals surface area contributed by atoms with Crippen LogP contribution < -0.4 is 0 Å². The Bertz CT molecular complexity index is 642. The van der Waals surface area contributed by atoms with E-state index >= 15 is 0 Å². The van der Waals surface area contributed by atoms with Gasteiger partial charge in [0.25, 0.3) is 0 Å². The topological polar surface area (TPSA) is 66.8 Å². The lowest BCUT2D eigenvalue weighted by Crippen LogP contribution is -2.43. The Morgan fingerprint density at radius 3 is 3.00 bits per heavy atom. The summed E-state index contributed by atoms with van der Waals surface area (Å²) in [7, 11) is 0. The number of carbonyl (C=O) groups excluding carboxylic acids is 1. The molecule has 138 valence electrons. The lowest BCUT2D eigenvalue weighted by Gasteiger charge is -2.43. The van der Waals surface area contributed by atoms with Gasteiger partial charge in [0.2, 0.25) is 0 Å². The van der Waals surface area contributed by atoms with Crippen molar-refractivity contribution in [2.75, 3.05) is 6.61 Å². The van der Waals surface area contributed by atoms with Gasteiger partial charge >= 0.3 is 0 Å². The van der Waals surface area contributed by atoms with Crippen molar-refractivity contribution in [1.82, 2.24) is 0 Å². The summed E-state index contributed by atoms with van der Waals surface area (Å²) < 4.78 is 6.31. The Balaban J connectivity index is 1.73. The fourth-order valence-corrected chi connectivity index (χ4v) is 4.46. The molecule has 4 atom stereocenters. The Morgan fingerprint density at radius 2 is 2.28 bits per heavy atom. The molecule has 0 aromatic rings. The van der Waals surface area contributed by atoms with E-state index in [2.05, 4.69) is 26.0 Å². The number of Topliss-reactive ketones (excluding diaryl/α,β-unsaturated/α-hetero) is 1. The number of hydrogen-bond donors (Lipinski definition) is 2. The van der Waals surface area contributed by atoms with Crippen LogP contribution in [0.5, 0.6) is 0 Å². The average Bonchev–Trinajstić information content (AvgIpc) is 2.93. The molecule has 0 bridgehead atoms. The van der Waals surface area contributed by atoms with E-state index in [1.54, 1.807) is 0 Å². The van der Waals surface area contributed by atoms with Gasteiger partial charge in [-0.15, -0.1) is 0 Å². The Kier molecular flexibility index (Phi) is 5.21. The molecule has 0 radical (unpaired) electrons. The van der Waals surface area contributed by atoms with E-state index < -0.39 is 6.10 Å². The number of carbonyl (C=O) groups is 1. The summed E-state index contributed by atoms with van der Waals surface area (Å²) in [5.41, 5.74) is 2.87. The Hall–Kier alpha value is -1.39. The molecule has 2 N–H and O–H groups in total. The van der Waals surface area contributed by atoms with Gasteiger partial charge in [-0.2, -0.15) is 0 Å². The number of aliphatic hydroxyl groups excluding tert-OH is 2. The van der Waals surface area contributed by atoms with Crippen molar-refractivity contribution in [2.24, 2.45) is 11.8 Å². The SMILES string of the molecule is C/C(=C\CC[C@H](C)C1=CC[C@]2(C)OC3=C(C[C@H]12)C(=O)[C@@H](O)CC3)CO. The molecular formula is C21H30O4. The van der Waals surface area contributed by atoms with E-state index in [9.17, 15) is 9.90 Å². The third-order valence-corrected chi connectivity index (χ3v) is 6.14. The van der Waals surface area contributed by atoms with Crippen molar-refractivity contribution < 1.29 is 19.7 Å². The Labute approximate surface area is 150 Å². The first-order valence-corrected chi connectivity index (χ1v) is 9.45. The zero-order valence-corrected chi connectivity index (χ0v) is 15.5. The zero-order valence-electron chi connectivity index (χ0n) is 15.5. The molecule has 0 unspecified atom stereocenters. The second kappa shape index (κ2) is 7.08. The van der Waals surface area contributed by atoms with E-state index in [0.717, 1.165) is 36.2 Å². The van der Waals surface area contributed by atoms with Gasteiger partial charge in [0.1, 0.15) is 17.5 Å². The maximum atomic E-state index is 12.4. The van der Waals surface area contributed by atoms with Crippen LogP contribution in [-0.4, -0.2) is 34.3 Å². The minimum atomic E-state index is -0.857. The molecule has 25 heavy (non-hydrogen) atoms. The minimum absolute atomic E-state index is 0.118. The lowest BCUT2D eigenvalue weighted by atomic mass is 9.74. The number of fused-ring (bicyclic) bond motifs is 1. The fourth-order valence-electron chi connectivity index (χ4n) is 4.46. The number of allylic oxidation sites excluding steroid dienone is 2. The molecule has 4 heteroatoms. The number of hydrogen-bond acceptors (Lipinski definition) is 4. The molecule has 0 saturated heterocycles. The van der Waals surface area contributed by atoms with E-state index in [1.807, 2.05) is 6.92 Å². The summed E-state index contributed by atoms with van der Waals surface area (Å²) in [5.74, 6) is 1.32. The smallest absolute Gasteiger partial charge is 0.190 e. The van der Waals surface area contributed by atoms with Gasteiger partial charge in [-0.05, 0) is 45.4 Å². The first kappa shape index (κ1) is 18.4. The molecule has 0 amide bonds. The molecule has 0 aromatic carbocycles. The van der Waals surface area contributed by atoms with E-state index in [1.165, 1.54) is 5.57 Å². The van der Waals surface area contributed by atoms with E-state index in [0.29, 0.717) is 25.2 Å². The van der Waals surface area contributed by atoms with Crippen molar-refractivity contribution in [3.8, 4) is 0 Å². The van der Waals surface area contributed by atoms with Gasteiger partial charge in [0, 0.05) is 24.3 Å². The van der Waals surface area contributed by atoms with Gasteiger partial charge in [-0.25, -0.2) is 0 Å². The number of aliphatic hydroxyl groups is 2. The quantitative estimate of drug-likeness (QED) is 0.748. The monoisotopic (exact) mass is 346 g/mol. The molecule has 0 aromatic heterocycles. The number of ether oxygens (including phenoxy) is 1. The van der Waals surface area contributed by atoms with Gasteiger partial charge in [0.15, 0.2) is 5.78 Å². The van der Waals surface area contributed by atoms with Gasteiger partial charge in [-0.1, -0.05) is 30.2 Å². The maximum Gasteiger partial charge on any atom is 0.190 e. The normalized spacial score (nSPS) is 33.6. The van der Waals surface area contributed by atoms with Crippen LogP contribution in [0.3, 0.4) is 0 Å². The zero-order chi connectivity index (χ0) is 18.2. The highest BCUT2D eigenvalue weighted by Gasteiger charge is 2.49. The van der Waals surface area contributed by atoms with Crippen LogP contribution >= 0.6 is 0 Å². The third kappa shape index (κ3) is 3.47. The summed E-state index contributed by atoms with van der Waals surface area (Å²) >= 11 is 0. The third-order valence-electron chi connectivity index (χ3n) is 6.14. The first-order chi connectivity index (χ1) is 11.9. The Morgan fingerprint density at radius 1 is 1.52 bits per heavy atom. The number of ketones is 1. The van der Waals surface area contributed by atoms with Crippen LogP contribution in [0, 0.1) is 11.8 Å². The summed E-state index contributed by atoms with van der Waals surface area (Å²) in [6.07, 6.45) is 8.25. The molecular weight excluding hydrogens is 316 g/mol. The van der Waals surface area contributed by atoms with Crippen molar-refractivity contribution in [3.05, 3.63) is 34.6 Å². The van der Waals surface area contributed by atoms with Crippen LogP contribution in [0.2, 0.25) is 0 Å². The number of rotatable bonds is 5. The molecule has 0 saturated carbocycles. The van der Waals surface area contributed by atoms with Crippen LogP contribution in [0.25, 0.3) is 0 Å². The fraction of sp³-hybridized carbons (Fsp3) is 0.667. The molecule has 2 aliphatic carbocycles. The second-order valence-electron chi connectivity index (χ2n) is 8.09. The minimum Gasteiger partial charge on any atom is -0.491 e. The summed E-state index contributed by atoms with van der Waals surface area (Å²) in [6.45, 7) is 6.46. The van der Waals surface area contributed by atoms with Crippen LogP contribution in [0.15, 0.2) is 34.6 Å². The van der Waals surface area contributed by atoms with E-state index in [-0.39, 0.29) is 23.9 Å². The largest absolute Gasteiger partial charge is 0.491 e. The van der Waals surface area contributed by atoms with Gasteiger partial charge < -0.3 is 14.9 Å². The standard InChI is InChI=1S/C21H30O4/c1-13(12-22)5-4-6-14(2)15-9-10-21(3)17(15)11-16-19(25-21)8-7-18(23)20(16)24/h5,9,14,17-18,22-23H,4,6-8,10-12H2,1-3H3/b13-5+/t14-,17+,18-,21-/m0/s1. The predicted molar refractivity (Wildman–Crippen MR) is 96.8 cm³/mol. The van der Waals surface area contributed by atoms with Crippen LogP contribution in [0.4, 0.5) is 0 Å². The highest BCUT2D eigenvalue weighted by Crippen LogP contribution is 2.51. The predicted octanol–water partition coefficient (Wildman–Crippen LogP) is 3.44. The maximum absolute atomic E-state index is 12.4. The molecule has 1 aliphatic heterocycles. The van der Waals surface area contributed by atoms with Gasteiger partial charge in [0.05, 0.1) is 6.61 Å². The lowest BCUT2D eigenvalue weighted by molar-refractivity contribution is -0.127. The van der Waals surface area contributed by atoms with Crippen molar-refractivity contribution >= 4 is 5.78 Å². The summed E-state index contributed by atoms with van der Waals surface area (Å²) in [4.78, 5) is 12.4. The molecule has 0 spiro atoms. The van der Waals surface area contributed by atoms with Crippen molar-refractivity contribution in [2.45, 2.75) is 71.0 Å². The van der Waals surface area contributed by atoms with Crippen LogP contribution in [-0.2, 0) is 9.53 Å². The van der Waals surface area contributed by atoms with Crippen LogP contribution in [0.1, 0.15) is 59.3 Å². The van der Waals surface area contributed by atoms with E-state index in [4.69, 9.17) is 9.84 Å². The van der Waals surface area contributed by atoms with Crippen molar-refractivity contribution in [3.63, 3.8) is 0 Å².